The highest BCUT2D eigenvalue weighted by Crippen LogP contribution is 2.40. The molecule has 1 fully saturated rings. The topological polar surface area (TPSA) is 85.1 Å². The Morgan fingerprint density at radius 2 is 2.00 bits per heavy atom. The average molecular weight is 379 g/mol. The summed E-state index contributed by atoms with van der Waals surface area (Å²) < 4.78 is 7.49. The summed E-state index contributed by atoms with van der Waals surface area (Å²) in [6, 6.07) is 7.73. The minimum atomic E-state index is -1.02. The number of imidazole rings is 1. The normalized spacial score (nSPS) is 14.2. The molecule has 1 aliphatic carbocycles. The van der Waals surface area contributed by atoms with Gasteiger partial charge in [0, 0.05) is 29.6 Å². The summed E-state index contributed by atoms with van der Waals surface area (Å²) in [7, 11) is 1.64. The van der Waals surface area contributed by atoms with Crippen molar-refractivity contribution >= 4 is 11.6 Å². The van der Waals surface area contributed by atoms with E-state index in [-0.39, 0.29) is 0 Å². The fourth-order valence-electron chi connectivity index (χ4n) is 3.07. The summed E-state index contributed by atoms with van der Waals surface area (Å²) in [4.78, 5) is 13.4. The first-order valence-corrected chi connectivity index (χ1v) is 9.41. The molecule has 0 spiro atoms. The van der Waals surface area contributed by atoms with Crippen LogP contribution in [0, 0.1) is 6.92 Å². The molecule has 0 amide bonds. The zero-order valence-corrected chi connectivity index (χ0v) is 16.6. The Hall–Kier alpha value is -2.93. The second-order valence-corrected chi connectivity index (χ2v) is 7.77. The van der Waals surface area contributed by atoms with Crippen molar-refractivity contribution in [2.24, 2.45) is 0 Å². The maximum atomic E-state index is 10.4. The van der Waals surface area contributed by atoms with E-state index in [4.69, 9.17) is 4.74 Å². The van der Waals surface area contributed by atoms with Crippen molar-refractivity contribution in [3.8, 4) is 11.4 Å². The molecule has 1 saturated carbocycles. The minimum absolute atomic E-state index is 0.464. The lowest BCUT2D eigenvalue weighted by Gasteiger charge is -2.19. The van der Waals surface area contributed by atoms with Gasteiger partial charge in [0.05, 0.1) is 30.5 Å². The van der Waals surface area contributed by atoms with Gasteiger partial charge in [-0.15, -0.1) is 0 Å². The lowest BCUT2D eigenvalue weighted by atomic mass is 10.0. The van der Waals surface area contributed by atoms with E-state index in [0.717, 1.165) is 35.6 Å². The highest BCUT2D eigenvalue weighted by atomic mass is 16.5. The third-order valence-corrected chi connectivity index (χ3v) is 4.79. The second-order valence-electron chi connectivity index (χ2n) is 7.77. The molecule has 0 atom stereocenters. The molecule has 2 N–H and O–H groups in total. The quantitative estimate of drug-likeness (QED) is 0.677. The molecule has 3 aromatic rings. The summed E-state index contributed by atoms with van der Waals surface area (Å²) in [6.45, 7) is 5.42. The molecule has 0 bridgehead atoms. The fourth-order valence-corrected chi connectivity index (χ4v) is 3.07. The second kappa shape index (κ2) is 6.91. The zero-order chi connectivity index (χ0) is 19.9. The third-order valence-electron chi connectivity index (χ3n) is 4.79. The number of benzene rings is 1. The summed E-state index contributed by atoms with van der Waals surface area (Å²) >= 11 is 0. The van der Waals surface area contributed by atoms with Crippen LogP contribution in [-0.2, 0) is 5.60 Å². The number of aliphatic hydroxyl groups is 1. The van der Waals surface area contributed by atoms with Crippen LogP contribution in [0.4, 0.5) is 11.6 Å². The SMILES string of the molecule is COc1cc(Nc2nc(C3CC3)cc(C(C)(C)O)n2)ccc1-n1cnc(C)c1. The van der Waals surface area contributed by atoms with E-state index in [1.165, 1.54) is 0 Å². The molecule has 4 rings (SSSR count). The molecule has 1 aliphatic rings. The molecule has 28 heavy (non-hydrogen) atoms. The predicted octanol–water partition coefficient (Wildman–Crippen LogP) is 3.83. The molecular weight excluding hydrogens is 354 g/mol. The lowest BCUT2D eigenvalue weighted by molar-refractivity contribution is 0.0737. The minimum Gasteiger partial charge on any atom is -0.494 e. The van der Waals surface area contributed by atoms with Gasteiger partial charge in [0.15, 0.2) is 0 Å². The molecule has 0 radical (unpaired) electrons. The van der Waals surface area contributed by atoms with Crippen molar-refractivity contribution < 1.29 is 9.84 Å². The van der Waals surface area contributed by atoms with E-state index < -0.39 is 5.60 Å². The van der Waals surface area contributed by atoms with Crippen LogP contribution in [0.15, 0.2) is 36.8 Å². The molecule has 0 unspecified atom stereocenters. The first-order valence-electron chi connectivity index (χ1n) is 9.41. The van der Waals surface area contributed by atoms with Crippen LogP contribution in [0.3, 0.4) is 0 Å². The summed E-state index contributed by atoms with van der Waals surface area (Å²) in [5.74, 6) is 1.66. The van der Waals surface area contributed by atoms with Crippen LogP contribution < -0.4 is 10.1 Å². The summed E-state index contributed by atoms with van der Waals surface area (Å²) in [5, 5.41) is 13.7. The van der Waals surface area contributed by atoms with Crippen molar-refractivity contribution in [3.63, 3.8) is 0 Å². The standard InChI is InChI=1S/C21H25N5O2/c1-13-11-26(12-22-13)17-8-7-15(9-18(17)28-4)23-20-24-16(14-5-6-14)10-19(25-20)21(2,3)27/h7-12,14,27H,5-6H2,1-4H3,(H,23,24,25). The molecule has 2 heterocycles. The van der Waals surface area contributed by atoms with Gasteiger partial charge in [0.25, 0.3) is 0 Å². The Morgan fingerprint density at radius 3 is 2.61 bits per heavy atom. The number of anilines is 2. The van der Waals surface area contributed by atoms with Gasteiger partial charge in [-0.1, -0.05) is 0 Å². The van der Waals surface area contributed by atoms with E-state index in [1.807, 2.05) is 42.0 Å². The largest absolute Gasteiger partial charge is 0.494 e. The van der Waals surface area contributed by atoms with Crippen LogP contribution in [0.25, 0.3) is 5.69 Å². The number of nitrogens with one attached hydrogen (secondary N) is 1. The molecule has 7 nitrogen and oxygen atoms in total. The third kappa shape index (κ3) is 3.84. The number of ether oxygens (including phenoxy) is 1. The predicted molar refractivity (Wildman–Crippen MR) is 107 cm³/mol. The van der Waals surface area contributed by atoms with Crippen LogP contribution in [0.1, 0.15) is 49.7 Å². The van der Waals surface area contributed by atoms with Crippen LogP contribution >= 0.6 is 0 Å². The number of hydrogen-bond donors (Lipinski definition) is 2. The Kier molecular flexibility index (Phi) is 4.55. The Labute approximate surface area is 164 Å². The van der Waals surface area contributed by atoms with Crippen LogP contribution in [0.5, 0.6) is 5.75 Å². The molecule has 0 saturated heterocycles. The lowest BCUT2D eigenvalue weighted by Crippen LogP contribution is -2.19. The van der Waals surface area contributed by atoms with Gasteiger partial charge >= 0.3 is 0 Å². The number of rotatable bonds is 6. The summed E-state index contributed by atoms with van der Waals surface area (Å²) in [6.07, 6.45) is 5.98. The van der Waals surface area contributed by atoms with Crippen LogP contribution in [-0.4, -0.2) is 31.7 Å². The van der Waals surface area contributed by atoms with Crippen molar-refractivity contribution in [3.05, 3.63) is 53.9 Å². The highest BCUT2D eigenvalue weighted by Gasteiger charge is 2.28. The smallest absolute Gasteiger partial charge is 0.227 e. The molecule has 146 valence electrons. The molecule has 2 aromatic heterocycles. The van der Waals surface area contributed by atoms with E-state index in [9.17, 15) is 5.11 Å². The summed E-state index contributed by atoms with van der Waals surface area (Å²) in [5.41, 5.74) is 3.22. The monoisotopic (exact) mass is 379 g/mol. The van der Waals surface area contributed by atoms with Crippen LogP contribution in [0.2, 0.25) is 0 Å². The van der Waals surface area contributed by atoms with Gasteiger partial charge in [-0.05, 0) is 51.8 Å². The van der Waals surface area contributed by atoms with Crippen molar-refractivity contribution in [2.75, 3.05) is 12.4 Å². The number of nitrogens with zero attached hydrogens (tertiary/aromatic N) is 4. The van der Waals surface area contributed by atoms with Gasteiger partial charge in [-0.2, -0.15) is 0 Å². The Morgan fingerprint density at radius 1 is 1.21 bits per heavy atom. The van der Waals surface area contributed by atoms with E-state index >= 15 is 0 Å². The fraction of sp³-hybridized carbons (Fsp3) is 0.381. The van der Waals surface area contributed by atoms with Crippen molar-refractivity contribution in [2.45, 2.75) is 45.1 Å². The number of aryl methyl sites for hydroxylation is 1. The van der Waals surface area contributed by atoms with Crippen molar-refractivity contribution in [1.29, 1.82) is 0 Å². The number of methoxy groups -OCH3 is 1. The van der Waals surface area contributed by atoms with Gasteiger partial charge in [-0.25, -0.2) is 15.0 Å². The van der Waals surface area contributed by atoms with Crippen molar-refractivity contribution in [1.82, 2.24) is 19.5 Å². The maximum Gasteiger partial charge on any atom is 0.227 e. The maximum absolute atomic E-state index is 10.4. The Balaban J connectivity index is 1.66. The first-order chi connectivity index (χ1) is 13.3. The van der Waals surface area contributed by atoms with E-state index in [2.05, 4.69) is 20.3 Å². The van der Waals surface area contributed by atoms with E-state index in [0.29, 0.717) is 23.3 Å². The number of hydrogen-bond acceptors (Lipinski definition) is 6. The molecular formula is C21H25N5O2. The molecule has 1 aromatic carbocycles. The first kappa shape index (κ1) is 18.4. The highest BCUT2D eigenvalue weighted by molar-refractivity contribution is 5.62. The molecule has 0 aliphatic heterocycles. The van der Waals surface area contributed by atoms with Gasteiger partial charge in [0.2, 0.25) is 5.95 Å². The van der Waals surface area contributed by atoms with Gasteiger partial charge in [-0.3, -0.25) is 0 Å². The zero-order valence-electron chi connectivity index (χ0n) is 16.6. The Bertz CT molecular complexity index is 1000. The number of aromatic nitrogens is 4. The molecule has 7 heteroatoms. The average Bonchev–Trinajstić information content (AvgIpc) is 3.42. The van der Waals surface area contributed by atoms with Gasteiger partial charge in [0.1, 0.15) is 11.4 Å². The van der Waals surface area contributed by atoms with Gasteiger partial charge < -0.3 is 19.7 Å². The van der Waals surface area contributed by atoms with E-state index in [1.54, 1.807) is 27.3 Å².